The van der Waals surface area contributed by atoms with E-state index in [4.69, 9.17) is 0 Å². The Morgan fingerprint density at radius 2 is 1.96 bits per heavy atom. The lowest BCUT2D eigenvalue weighted by Crippen LogP contribution is -2.08. The lowest BCUT2D eigenvalue weighted by atomic mass is 9.98. The molecule has 0 aliphatic carbocycles. The maximum absolute atomic E-state index is 14.4. The van der Waals surface area contributed by atoms with Crippen LogP contribution in [0.2, 0.25) is 0 Å². The smallest absolute Gasteiger partial charge is 0.178 e. The molecule has 4 rings (SSSR count). The van der Waals surface area contributed by atoms with Crippen LogP contribution in [0.4, 0.5) is 21.6 Å². The molecule has 2 heterocycles. The third-order valence-corrected chi connectivity index (χ3v) is 3.92. The first-order valence-electron chi connectivity index (χ1n) is 7.37. The van der Waals surface area contributed by atoms with Crippen molar-refractivity contribution in [2.45, 2.75) is 6.92 Å². The third kappa shape index (κ3) is 2.15. The van der Waals surface area contributed by atoms with Crippen LogP contribution in [0, 0.1) is 24.1 Å². The van der Waals surface area contributed by atoms with Gasteiger partial charge in [-0.3, -0.25) is 5.10 Å². The van der Waals surface area contributed by atoms with E-state index in [-0.39, 0.29) is 5.82 Å². The molecule has 5 nitrogen and oxygen atoms in total. The van der Waals surface area contributed by atoms with Gasteiger partial charge in [0.2, 0.25) is 0 Å². The number of aromatic nitrogens is 2. The molecule has 1 aliphatic rings. The minimum atomic E-state index is -0.367. The number of halogens is 1. The summed E-state index contributed by atoms with van der Waals surface area (Å²) in [5.74, 6) is 0.207. The van der Waals surface area contributed by atoms with Gasteiger partial charge in [0, 0.05) is 16.8 Å². The Bertz CT molecular complexity index is 1030. The van der Waals surface area contributed by atoms with Gasteiger partial charge in [-0.1, -0.05) is 12.1 Å². The highest BCUT2D eigenvalue weighted by Crippen LogP contribution is 2.36. The van der Waals surface area contributed by atoms with Crippen LogP contribution in [-0.2, 0) is 0 Å². The van der Waals surface area contributed by atoms with Crippen molar-refractivity contribution in [2.24, 2.45) is 4.99 Å². The lowest BCUT2D eigenvalue weighted by Gasteiger charge is -2.11. The van der Waals surface area contributed by atoms with E-state index < -0.39 is 0 Å². The molecule has 1 aliphatic heterocycles. The van der Waals surface area contributed by atoms with Crippen molar-refractivity contribution < 1.29 is 4.39 Å². The van der Waals surface area contributed by atoms with Gasteiger partial charge in [-0.25, -0.2) is 9.38 Å². The summed E-state index contributed by atoms with van der Waals surface area (Å²) < 4.78 is 14.4. The number of fused-ring (bicyclic) bond motifs is 2. The Labute approximate surface area is 137 Å². The van der Waals surface area contributed by atoms with Gasteiger partial charge < -0.3 is 5.32 Å². The summed E-state index contributed by atoms with van der Waals surface area (Å²) in [7, 11) is 0. The largest absolute Gasteiger partial charge is 0.336 e. The first-order chi connectivity index (χ1) is 11.7. The fraction of sp³-hybridized carbons (Fsp3) is 0.0556. The van der Waals surface area contributed by atoms with Gasteiger partial charge in [-0.2, -0.15) is 10.4 Å². The minimum absolute atomic E-state index is 0.367. The van der Waals surface area contributed by atoms with Gasteiger partial charge in [0.25, 0.3) is 0 Å². The van der Waals surface area contributed by atoms with Crippen molar-refractivity contribution in [3.8, 4) is 6.07 Å². The van der Waals surface area contributed by atoms with Crippen LogP contribution in [-0.4, -0.2) is 15.9 Å². The van der Waals surface area contributed by atoms with Crippen molar-refractivity contribution in [3.05, 3.63) is 70.7 Å². The van der Waals surface area contributed by atoms with Gasteiger partial charge in [0.15, 0.2) is 5.82 Å². The van der Waals surface area contributed by atoms with Crippen molar-refractivity contribution in [1.29, 1.82) is 5.26 Å². The monoisotopic (exact) mass is 317 g/mol. The number of nitrogens with zero attached hydrogens (tertiary/aromatic N) is 3. The number of hydrogen-bond acceptors (Lipinski definition) is 4. The van der Waals surface area contributed by atoms with Crippen LogP contribution < -0.4 is 5.32 Å². The van der Waals surface area contributed by atoms with Crippen LogP contribution >= 0.6 is 0 Å². The molecule has 0 radical (unpaired) electrons. The maximum Gasteiger partial charge on any atom is 0.178 e. The standard InChI is InChI=1S/C18H12FN5/c1-10-16-18(24-23-10)21-15-7-6-11(9-20)8-13(15)17(22-16)12-4-2-3-5-14(12)19/h2-8H,1H3,(H2,21,23,24). The number of benzene rings is 2. The molecule has 0 fully saturated rings. The Morgan fingerprint density at radius 3 is 2.75 bits per heavy atom. The van der Waals surface area contributed by atoms with Crippen molar-refractivity contribution in [1.82, 2.24) is 10.2 Å². The molecule has 1 aromatic heterocycles. The first-order valence-corrected chi connectivity index (χ1v) is 7.37. The summed E-state index contributed by atoms with van der Waals surface area (Å²) in [5.41, 5.74) is 4.12. The molecule has 0 bridgehead atoms. The number of anilines is 2. The topological polar surface area (TPSA) is 76.9 Å². The zero-order valence-electron chi connectivity index (χ0n) is 12.8. The molecule has 0 amide bonds. The van der Waals surface area contributed by atoms with Crippen LogP contribution in [0.1, 0.15) is 22.4 Å². The second kappa shape index (κ2) is 5.32. The molecular formula is C18H12FN5. The van der Waals surface area contributed by atoms with E-state index in [1.54, 1.807) is 36.4 Å². The number of H-pyrrole nitrogens is 1. The highest BCUT2D eigenvalue weighted by atomic mass is 19.1. The quantitative estimate of drug-likeness (QED) is 0.558. The van der Waals surface area contributed by atoms with E-state index in [0.29, 0.717) is 33.9 Å². The summed E-state index contributed by atoms with van der Waals surface area (Å²) in [5, 5.41) is 19.5. The molecule has 2 N–H and O–H groups in total. The van der Waals surface area contributed by atoms with Gasteiger partial charge in [-0.05, 0) is 37.3 Å². The Morgan fingerprint density at radius 1 is 1.12 bits per heavy atom. The second-order valence-corrected chi connectivity index (χ2v) is 5.48. The normalized spacial score (nSPS) is 12.3. The molecule has 0 saturated carbocycles. The lowest BCUT2D eigenvalue weighted by molar-refractivity contribution is 0.625. The van der Waals surface area contributed by atoms with E-state index in [1.165, 1.54) is 6.07 Å². The summed E-state index contributed by atoms with van der Waals surface area (Å²) in [6.07, 6.45) is 0. The van der Waals surface area contributed by atoms with Crippen LogP contribution in [0.5, 0.6) is 0 Å². The highest BCUT2D eigenvalue weighted by Gasteiger charge is 2.23. The Balaban J connectivity index is 2.05. The van der Waals surface area contributed by atoms with Gasteiger partial charge in [0.1, 0.15) is 11.5 Å². The maximum atomic E-state index is 14.4. The van der Waals surface area contributed by atoms with Gasteiger partial charge in [0.05, 0.1) is 23.0 Å². The second-order valence-electron chi connectivity index (χ2n) is 5.48. The molecule has 0 saturated heterocycles. The fourth-order valence-electron chi connectivity index (χ4n) is 2.72. The fourth-order valence-corrected chi connectivity index (χ4v) is 2.72. The number of nitriles is 1. The van der Waals surface area contributed by atoms with Crippen LogP contribution in [0.3, 0.4) is 0 Å². The molecule has 0 spiro atoms. The Hall–Kier alpha value is -3.46. The molecule has 24 heavy (non-hydrogen) atoms. The zero-order valence-corrected chi connectivity index (χ0v) is 12.8. The average molecular weight is 317 g/mol. The van der Waals surface area contributed by atoms with Crippen molar-refractivity contribution in [2.75, 3.05) is 5.32 Å². The number of aromatic amines is 1. The van der Waals surface area contributed by atoms with E-state index in [1.807, 2.05) is 6.92 Å². The summed E-state index contributed by atoms with van der Waals surface area (Å²) in [6, 6.07) is 13.8. The van der Waals surface area contributed by atoms with Crippen LogP contribution in [0.15, 0.2) is 47.5 Å². The zero-order chi connectivity index (χ0) is 16.7. The molecule has 3 aromatic rings. The molecular weight excluding hydrogens is 305 g/mol. The number of nitrogens with one attached hydrogen (secondary N) is 2. The molecule has 2 aromatic carbocycles. The van der Waals surface area contributed by atoms with E-state index in [0.717, 1.165) is 11.4 Å². The van der Waals surface area contributed by atoms with Crippen LogP contribution in [0.25, 0.3) is 0 Å². The predicted octanol–water partition coefficient (Wildman–Crippen LogP) is 3.96. The van der Waals surface area contributed by atoms with Crippen molar-refractivity contribution in [3.63, 3.8) is 0 Å². The summed E-state index contributed by atoms with van der Waals surface area (Å²) in [6.45, 7) is 1.85. The van der Waals surface area contributed by atoms with E-state index >= 15 is 0 Å². The SMILES string of the molecule is Cc1[nH]nc2c1N=C(c1ccccc1F)c1cc(C#N)ccc1N2. The summed E-state index contributed by atoms with van der Waals surface area (Å²) in [4.78, 5) is 4.66. The minimum Gasteiger partial charge on any atom is -0.336 e. The van der Waals surface area contributed by atoms with Crippen molar-refractivity contribution >= 4 is 22.9 Å². The van der Waals surface area contributed by atoms with Gasteiger partial charge in [-0.15, -0.1) is 0 Å². The summed E-state index contributed by atoms with van der Waals surface area (Å²) >= 11 is 0. The number of aliphatic imine (C=N–C) groups is 1. The van der Waals surface area contributed by atoms with E-state index in [2.05, 4.69) is 26.6 Å². The van der Waals surface area contributed by atoms with Gasteiger partial charge >= 0.3 is 0 Å². The van der Waals surface area contributed by atoms with E-state index in [9.17, 15) is 9.65 Å². The molecule has 116 valence electrons. The number of aryl methyl sites for hydroxylation is 1. The molecule has 6 heteroatoms. The first kappa shape index (κ1) is 14.2. The average Bonchev–Trinajstić information content (AvgIpc) is 2.85. The predicted molar refractivity (Wildman–Crippen MR) is 89.5 cm³/mol. The molecule has 0 atom stereocenters. The number of hydrogen-bond donors (Lipinski definition) is 2. The number of rotatable bonds is 1. The highest BCUT2D eigenvalue weighted by molar-refractivity contribution is 6.18. The Kier molecular flexibility index (Phi) is 3.14. The molecule has 0 unspecified atom stereocenters. The third-order valence-electron chi connectivity index (χ3n) is 3.92.